The normalized spacial score (nSPS) is 14.3. The molecule has 2 aromatic carbocycles. The van der Waals surface area contributed by atoms with Gasteiger partial charge in [-0.3, -0.25) is 15.1 Å². The van der Waals surface area contributed by atoms with Crippen molar-refractivity contribution in [2.24, 2.45) is 16.3 Å². The predicted octanol–water partition coefficient (Wildman–Crippen LogP) is 5.91. The molecular weight excluding hydrogens is 484 g/mol. The van der Waals surface area contributed by atoms with E-state index in [0.29, 0.717) is 17.7 Å². The number of aliphatic imine (C=N–C) groups is 1. The van der Waals surface area contributed by atoms with E-state index in [1.807, 2.05) is 95.3 Å². The molecule has 8 heteroatoms. The fourth-order valence-electron chi connectivity index (χ4n) is 3.30. The summed E-state index contributed by atoms with van der Waals surface area (Å²) in [7, 11) is 0. The average molecular weight is 523 g/mol. The molecule has 2 aromatic rings. The number of carbonyl (C=O) groups excluding carboxylic acids is 2. The molecule has 0 aliphatic heterocycles. The number of nitrogens with zero attached hydrogens (tertiary/aromatic N) is 2. The molecule has 0 fully saturated rings. The quantitative estimate of drug-likeness (QED) is 0.229. The summed E-state index contributed by atoms with van der Waals surface area (Å²) in [5, 5.41) is 15.5. The Morgan fingerprint density at radius 2 is 1.62 bits per heavy atom. The summed E-state index contributed by atoms with van der Waals surface area (Å²) in [6.45, 7) is 11.9. The fraction of sp³-hybridized carbons (Fsp3) is 0.448. The molecule has 0 saturated carbocycles. The largest absolute Gasteiger partial charge is 0.449 e. The lowest BCUT2D eigenvalue weighted by Gasteiger charge is -2.28. The highest BCUT2D eigenvalue weighted by atomic mass is 32.2. The zero-order chi connectivity index (χ0) is 27.5. The lowest BCUT2D eigenvalue weighted by molar-refractivity contribution is -0.123. The zero-order valence-electron chi connectivity index (χ0n) is 22.6. The third kappa shape index (κ3) is 11.1. The first kappa shape index (κ1) is 29.9. The minimum atomic E-state index is -1.16. The van der Waals surface area contributed by atoms with Crippen LogP contribution >= 0.6 is 11.8 Å². The van der Waals surface area contributed by atoms with Gasteiger partial charge in [0.25, 0.3) is 0 Å². The van der Waals surface area contributed by atoms with Crippen LogP contribution in [0.25, 0.3) is 0 Å². The summed E-state index contributed by atoms with van der Waals surface area (Å²) >= 11 is 1.34. The second-order valence-corrected chi connectivity index (χ2v) is 12.0. The second kappa shape index (κ2) is 13.8. The molecule has 2 rings (SSSR count). The molecule has 0 saturated heterocycles. The van der Waals surface area contributed by atoms with E-state index < -0.39 is 17.0 Å². The molecule has 0 spiro atoms. The van der Waals surface area contributed by atoms with Gasteiger partial charge in [0.05, 0.1) is 6.61 Å². The Labute approximate surface area is 225 Å². The number of alkyl carbamates (subject to hydrolysis) is 1. The van der Waals surface area contributed by atoms with Gasteiger partial charge in [0.1, 0.15) is 17.9 Å². The Kier molecular flexibility index (Phi) is 11.2. The van der Waals surface area contributed by atoms with Crippen molar-refractivity contribution in [1.29, 1.82) is 5.26 Å². The monoisotopic (exact) mass is 522 g/mol. The van der Waals surface area contributed by atoms with Gasteiger partial charge in [0.15, 0.2) is 4.87 Å². The Bertz CT molecular complexity index is 1090. The van der Waals surface area contributed by atoms with Crippen molar-refractivity contribution < 1.29 is 14.3 Å². The zero-order valence-corrected chi connectivity index (χ0v) is 23.4. The number of benzene rings is 2. The van der Waals surface area contributed by atoms with Crippen LogP contribution < -0.4 is 10.6 Å². The Balaban J connectivity index is 2.32. The lowest BCUT2D eigenvalue weighted by Crippen LogP contribution is -2.48. The Morgan fingerprint density at radius 1 is 1.03 bits per heavy atom. The molecule has 0 aromatic heterocycles. The van der Waals surface area contributed by atoms with E-state index in [9.17, 15) is 14.9 Å². The first-order valence-electron chi connectivity index (χ1n) is 12.4. The van der Waals surface area contributed by atoms with Crippen LogP contribution in [0.1, 0.15) is 59.1 Å². The molecule has 0 radical (unpaired) electrons. The van der Waals surface area contributed by atoms with Crippen LogP contribution in [0.4, 0.5) is 4.79 Å². The van der Waals surface area contributed by atoms with Crippen molar-refractivity contribution in [1.82, 2.24) is 10.6 Å². The molecule has 7 nitrogen and oxygen atoms in total. The third-order valence-electron chi connectivity index (χ3n) is 5.15. The molecule has 0 bridgehead atoms. The van der Waals surface area contributed by atoms with Gasteiger partial charge < -0.3 is 10.1 Å². The summed E-state index contributed by atoms with van der Waals surface area (Å²) in [5.74, 6) is 0.607. The summed E-state index contributed by atoms with van der Waals surface area (Å²) < 4.78 is 5.29. The fourth-order valence-corrected chi connectivity index (χ4v) is 4.18. The Morgan fingerprint density at radius 3 is 2.16 bits per heavy atom. The third-order valence-corrected chi connectivity index (χ3v) is 6.40. The number of nitriles is 1. The Hall–Kier alpha value is -3.31. The van der Waals surface area contributed by atoms with Gasteiger partial charge in [-0.05, 0) is 30.2 Å². The molecular formula is C29H38N4O3S. The minimum Gasteiger partial charge on any atom is -0.449 e. The van der Waals surface area contributed by atoms with Crippen LogP contribution in [0.15, 0.2) is 65.7 Å². The number of amides is 2. The van der Waals surface area contributed by atoms with E-state index in [0.717, 1.165) is 5.56 Å². The molecule has 2 N–H and O–H groups in total. The highest BCUT2D eigenvalue weighted by Crippen LogP contribution is 2.28. The maximum absolute atomic E-state index is 13.5. The number of amidine groups is 1. The van der Waals surface area contributed by atoms with Gasteiger partial charge in [-0.15, -0.1) is 11.8 Å². The van der Waals surface area contributed by atoms with Crippen LogP contribution in [-0.4, -0.2) is 35.4 Å². The maximum Gasteiger partial charge on any atom is 0.412 e. The van der Waals surface area contributed by atoms with Gasteiger partial charge in [-0.2, -0.15) is 5.26 Å². The van der Waals surface area contributed by atoms with E-state index >= 15 is 0 Å². The number of rotatable bonds is 10. The van der Waals surface area contributed by atoms with E-state index in [1.54, 1.807) is 6.92 Å². The van der Waals surface area contributed by atoms with E-state index in [2.05, 4.69) is 16.7 Å². The average Bonchev–Trinajstić information content (AvgIpc) is 2.85. The topological polar surface area (TPSA) is 104 Å². The highest BCUT2D eigenvalue weighted by molar-refractivity contribution is 8.00. The molecule has 0 aliphatic carbocycles. The second-order valence-electron chi connectivity index (χ2n) is 10.7. The minimum absolute atomic E-state index is 0.180. The standard InChI is InChI=1S/C29H38N4O3S/c1-21(2)18-36-27(35)32-25(23-15-11-8-12-16-23)31-24(17-28(3,4)5)26(34)33-29(6,20-30)37-19-22-13-9-7-10-14-22/h7-16,21,24H,17-19H2,1-6H3,(H,33,34)(H,31,32,35). The number of hydrogen-bond donors (Lipinski definition) is 2. The number of nitrogens with one attached hydrogen (secondary N) is 2. The molecule has 0 aliphatic rings. The summed E-state index contributed by atoms with van der Waals surface area (Å²) in [5.41, 5.74) is 1.46. The van der Waals surface area contributed by atoms with Crippen LogP contribution in [0.3, 0.4) is 0 Å². The van der Waals surface area contributed by atoms with Gasteiger partial charge >= 0.3 is 6.09 Å². The van der Waals surface area contributed by atoms with E-state index in [4.69, 9.17) is 9.73 Å². The molecule has 0 heterocycles. The van der Waals surface area contributed by atoms with Crippen LogP contribution in [-0.2, 0) is 15.3 Å². The smallest absolute Gasteiger partial charge is 0.412 e. The predicted molar refractivity (Wildman–Crippen MR) is 150 cm³/mol. The van der Waals surface area contributed by atoms with Crippen LogP contribution in [0.5, 0.6) is 0 Å². The van der Waals surface area contributed by atoms with Gasteiger partial charge in [-0.1, -0.05) is 95.3 Å². The number of carbonyl (C=O) groups is 2. The highest BCUT2D eigenvalue weighted by Gasteiger charge is 2.33. The molecule has 37 heavy (non-hydrogen) atoms. The number of hydrogen-bond acceptors (Lipinski definition) is 6. The number of ether oxygens (including phenoxy) is 1. The van der Waals surface area contributed by atoms with Crippen molar-refractivity contribution in [2.45, 2.75) is 64.6 Å². The van der Waals surface area contributed by atoms with Crippen molar-refractivity contribution in [3.05, 3.63) is 71.8 Å². The summed E-state index contributed by atoms with van der Waals surface area (Å²) in [4.78, 5) is 29.6. The van der Waals surface area contributed by atoms with E-state index in [-0.39, 0.29) is 29.7 Å². The SMILES string of the molecule is CC(C)COC(=O)NC(=NC(CC(C)(C)C)C(=O)NC(C)(C#N)SCc1ccccc1)c1ccccc1. The van der Waals surface area contributed by atoms with Gasteiger partial charge in [0, 0.05) is 11.3 Å². The molecule has 2 unspecified atom stereocenters. The molecule has 2 amide bonds. The number of thioether (sulfide) groups is 1. The van der Waals surface area contributed by atoms with Gasteiger partial charge in [0.2, 0.25) is 5.91 Å². The van der Waals surface area contributed by atoms with Crippen molar-refractivity contribution in [2.75, 3.05) is 6.61 Å². The van der Waals surface area contributed by atoms with Crippen molar-refractivity contribution in [3.8, 4) is 6.07 Å². The van der Waals surface area contributed by atoms with Gasteiger partial charge in [-0.25, -0.2) is 4.79 Å². The lowest BCUT2D eigenvalue weighted by atomic mass is 9.88. The van der Waals surface area contributed by atoms with E-state index in [1.165, 1.54) is 11.8 Å². The van der Waals surface area contributed by atoms with Crippen LogP contribution in [0, 0.1) is 22.7 Å². The molecule has 198 valence electrons. The maximum atomic E-state index is 13.5. The van der Waals surface area contributed by atoms with Crippen molar-refractivity contribution in [3.63, 3.8) is 0 Å². The van der Waals surface area contributed by atoms with Crippen molar-refractivity contribution >= 4 is 29.6 Å². The van der Waals surface area contributed by atoms with Crippen LogP contribution in [0.2, 0.25) is 0 Å². The molecule has 2 atom stereocenters. The summed E-state index contributed by atoms with van der Waals surface area (Å²) in [6.07, 6.45) is -0.227. The first-order valence-corrected chi connectivity index (χ1v) is 13.4. The summed E-state index contributed by atoms with van der Waals surface area (Å²) in [6, 6.07) is 20.3. The first-order chi connectivity index (χ1) is 17.4.